The Kier molecular flexibility index (Phi) is 73.2. The summed E-state index contributed by atoms with van der Waals surface area (Å²) in [5, 5.41) is 0. The normalized spacial score (nSPS) is 6.54. The first kappa shape index (κ1) is 22.9. The van der Waals surface area contributed by atoms with E-state index in [0.29, 0.717) is 0 Å². The summed E-state index contributed by atoms with van der Waals surface area (Å²) in [6.07, 6.45) is 0.750. The van der Waals surface area contributed by atoms with Crippen LogP contribution in [0.25, 0.3) is 0 Å². The van der Waals surface area contributed by atoms with Crippen molar-refractivity contribution in [2.24, 2.45) is 0 Å². The number of nitrogens with zero attached hydrogens (tertiary/aromatic N) is 1. The van der Waals surface area contributed by atoms with Gasteiger partial charge in [-0.05, 0) is 27.1 Å². The zero-order valence-electron chi connectivity index (χ0n) is 10.8. The summed E-state index contributed by atoms with van der Waals surface area (Å²) in [6, 6.07) is 0. The largest absolute Gasteiger partial charge is 0.307 e. The van der Waals surface area contributed by atoms with E-state index < -0.39 is 0 Å². The molecule has 0 unspecified atom stereocenters. The maximum atomic E-state index is 8.81. The van der Waals surface area contributed by atoms with Gasteiger partial charge in [-0.1, -0.05) is 41.5 Å². The van der Waals surface area contributed by atoms with E-state index in [2.05, 4.69) is 25.8 Å². The molecule has 0 heterocycles. The number of carbonyl (C=O) groups is 1. The van der Waals surface area contributed by atoms with Crippen LogP contribution in [0.4, 0.5) is 0 Å². The van der Waals surface area contributed by atoms with Crippen LogP contribution in [0, 0.1) is 0 Å². The fraction of sp³-hybridized carbons (Fsp3) is 0.909. The van der Waals surface area contributed by atoms with Gasteiger partial charge >= 0.3 is 0 Å². The van der Waals surface area contributed by atoms with Gasteiger partial charge in [-0.3, -0.25) is 0 Å². The molecule has 0 aromatic carbocycles. The van der Waals surface area contributed by atoms with Crippen LogP contribution < -0.4 is 0 Å². The lowest BCUT2D eigenvalue weighted by molar-refractivity contribution is -0.106. The molecule has 0 radical (unpaired) electrons. The van der Waals surface area contributed by atoms with Crippen LogP contribution in [0.15, 0.2) is 0 Å². The molecule has 0 aromatic rings. The second-order valence-electron chi connectivity index (χ2n) is 1.72. The van der Waals surface area contributed by atoms with Gasteiger partial charge in [0.15, 0.2) is 0 Å². The lowest BCUT2D eigenvalue weighted by atomic mass is 10.6. The zero-order chi connectivity index (χ0) is 11.7. The van der Waals surface area contributed by atoms with E-state index in [1.165, 1.54) is 6.92 Å². The molecule has 0 atom stereocenters. The third-order valence-electron chi connectivity index (χ3n) is 1.08. The molecule has 13 heavy (non-hydrogen) atoms. The fourth-order valence-corrected chi connectivity index (χ4v) is 0.224. The monoisotopic (exact) mass is 191 g/mol. The summed E-state index contributed by atoms with van der Waals surface area (Å²) in [4.78, 5) is 11.1. The van der Waals surface area contributed by atoms with Crippen molar-refractivity contribution in [3.63, 3.8) is 0 Å². The highest BCUT2D eigenvalue weighted by atomic mass is 16.1. The summed E-state index contributed by atoms with van der Waals surface area (Å²) < 4.78 is 0. The first-order chi connectivity index (χ1) is 6.22. The standard InChI is InChI=1S/C5H13N.C2H4O.2C2H6/c1-4-6(3)5-2;1-2-3;2*1-2/h4-5H2,1-3H3;2H,1H3;2*1-2H3. The van der Waals surface area contributed by atoms with Crippen LogP contribution in [0.1, 0.15) is 48.5 Å². The first-order valence-corrected chi connectivity index (χ1v) is 5.31. The molecule has 0 aromatic heterocycles. The van der Waals surface area contributed by atoms with Crippen molar-refractivity contribution in [3.8, 4) is 0 Å². The molecule has 0 spiro atoms. The average molecular weight is 191 g/mol. The molecule has 0 N–H and O–H groups in total. The van der Waals surface area contributed by atoms with Crippen LogP contribution in [0.3, 0.4) is 0 Å². The predicted molar refractivity (Wildman–Crippen MR) is 63.3 cm³/mol. The van der Waals surface area contributed by atoms with Crippen molar-refractivity contribution in [2.45, 2.75) is 48.5 Å². The first-order valence-electron chi connectivity index (χ1n) is 5.31. The molecule has 0 bridgehead atoms. The fourth-order valence-electron chi connectivity index (χ4n) is 0.224. The molecule has 0 aliphatic heterocycles. The van der Waals surface area contributed by atoms with Gasteiger partial charge in [0.1, 0.15) is 6.29 Å². The molecule has 84 valence electrons. The van der Waals surface area contributed by atoms with Crippen molar-refractivity contribution in [1.29, 1.82) is 0 Å². The molecular formula is C11H29NO. The molecule has 0 aliphatic carbocycles. The van der Waals surface area contributed by atoms with E-state index in [-0.39, 0.29) is 0 Å². The third kappa shape index (κ3) is 81.9. The molecular weight excluding hydrogens is 162 g/mol. The molecule has 0 saturated heterocycles. The summed E-state index contributed by atoms with van der Waals surface area (Å²) in [7, 11) is 2.11. The van der Waals surface area contributed by atoms with E-state index in [4.69, 9.17) is 4.79 Å². The minimum atomic E-state index is 0.750. The van der Waals surface area contributed by atoms with E-state index in [1.807, 2.05) is 27.7 Å². The van der Waals surface area contributed by atoms with Gasteiger partial charge in [-0.15, -0.1) is 0 Å². The van der Waals surface area contributed by atoms with E-state index in [1.54, 1.807) is 0 Å². The van der Waals surface area contributed by atoms with Crippen molar-refractivity contribution in [2.75, 3.05) is 20.1 Å². The van der Waals surface area contributed by atoms with Gasteiger partial charge in [0, 0.05) is 0 Å². The highest BCUT2D eigenvalue weighted by Gasteiger charge is 1.81. The van der Waals surface area contributed by atoms with E-state index in [9.17, 15) is 0 Å². The van der Waals surface area contributed by atoms with Gasteiger partial charge in [0.25, 0.3) is 0 Å². The average Bonchev–Trinajstić information content (AvgIpc) is 2.24. The maximum absolute atomic E-state index is 8.81. The van der Waals surface area contributed by atoms with Gasteiger partial charge in [0.2, 0.25) is 0 Å². The van der Waals surface area contributed by atoms with Gasteiger partial charge in [-0.2, -0.15) is 0 Å². The van der Waals surface area contributed by atoms with Gasteiger partial charge in [0.05, 0.1) is 0 Å². The van der Waals surface area contributed by atoms with Crippen LogP contribution in [0.2, 0.25) is 0 Å². The minimum Gasteiger partial charge on any atom is -0.307 e. The summed E-state index contributed by atoms with van der Waals surface area (Å²) >= 11 is 0. The van der Waals surface area contributed by atoms with Crippen LogP contribution in [-0.2, 0) is 4.79 Å². The summed E-state index contributed by atoms with van der Waals surface area (Å²) in [6.45, 7) is 16.1. The Morgan fingerprint density at radius 1 is 1.00 bits per heavy atom. The smallest absolute Gasteiger partial charge is 0.116 e. The van der Waals surface area contributed by atoms with Crippen LogP contribution >= 0.6 is 0 Å². The maximum Gasteiger partial charge on any atom is 0.116 e. The Labute approximate surface area is 85.3 Å². The van der Waals surface area contributed by atoms with Crippen molar-refractivity contribution in [1.82, 2.24) is 4.90 Å². The van der Waals surface area contributed by atoms with Gasteiger partial charge < -0.3 is 9.69 Å². The predicted octanol–water partition coefficient (Wildman–Crippen LogP) is 3.22. The second kappa shape index (κ2) is 41.5. The molecule has 0 fully saturated rings. The minimum absolute atomic E-state index is 0.750. The lowest BCUT2D eigenvalue weighted by Crippen LogP contribution is -2.15. The number of hydrogen-bond donors (Lipinski definition) is 0. The Morgan fingerprint density at radius 2 is 1.15 bits per heavy atom. The number of hydrogen-bond acceptors (Lipinski definition) is 2. The van der Waals surface area contributed by atoms with Crippen molar-refractivity contribution in [3.05, 3.63) is 0 Å². The summed E-state index contributed by atoms with van der Waals surface area (Å²) in [5.74, 6) is 0. The molecule has 0 aliphatic rings. The molecule has 0 saturated carbocycles. The topological polar surface area (TPSA) is 20.3 Å². The Bertz CT molecular complexity index is 52.1. The Hall–Kier alpha value is -0.370. The third-order valence-corrected chi connectivity index (χ3v) is 1.08. The van der Waals surface area contributed by atoms with Crippen LogP contribution in [-0.4, -0.2) is 31.3 Å². The van der Waals surface area contributed by atoms with E-state index in [0.717, 1.165) is 19.4 Å². The Morgan fingerprint density at radius 3 is 1.15 bits per heavy atom. The molecule has 2 heteroatoms. The van der Waals surface area contributed by atoms with Crippen molar-refractivity contribution >= 4 is 6.29 Å². The number of aldehydes is 1. The SMILES string of the molecule is CC.CC.CC=O.CCN(C)CC. The quantitative estimate of drug-likeness (QED) is 0.625. The highest BCUT2D eigenvalue weighted by Crippen LogP contribution is 1.73. The summed E-state index contributed by atoms with van der Waals surface area (Å²) in [5.41, 5.74) is 0. The highest BCUT2D eigenvalue weighted by molar-refractivity contribution is 5.44. The number of rotatable bonds is 2. The lowest BCUT2D eigenvalue weighted by Gasteiger charge is -2.07. The molecule has 2 nitrogen and oxygen atoms in total. The van der Waals surface area contributed by atoms with Gasteiger partial charge in [-0.25, -0.2) is 0 Å². The zero-order valence-corrected chi connectivity index (χ0v) is 10.8. The van der Waals surface area contributed by atoms with Crippen molar-refractivity contribution < 1.29 is 4.79 Å². The second-order valence-corrected chi connectivity index (χ2v) is 1.72. The molecule has 0 amide bonds. The van der Waals surface area contributed by atoms with Crippen LogP contribution in [0.5, 0.6) is 0 Å². The number of carbonyl (C=O) groups excluding carboxylic acids is 1. The molecule has 0 rings (SSSR count). The van der Waals surface area contributed by atoms with E-state index >= 15 is 0 Å². The Balaban J connectivity index is -0.0000000493.